The maximum absolute atomic E-state index is 6.11. The molecule has 0 bridgehead atoms. The van der Waals surface area contributed by atoms with Gasteiger partial charge >= 0.3 is 0 Å². The van der Waals surface area contributed by atoms with Crippen LogP contribution in [0.15, 0.2) is 33.4 Å². The predicted molar refractivity (Wildman–Crippen MR) is 80.9 cm³/mol. The summed E-state index contributed by atoms with van der Waals surface area (Å²) in [5, 5.41) is 5.04. The van der Waals surface area contributed by atoms with Crippen molar-refractivity contribution in [3.05, 3.63) is 49.0 Å². The van der Waals surface area contributed by atoms with Crippen molar-refractivity contribution in [3.63, 3.8) is 0 Å². The van der Waals surface area contributed by atoms with Crippen LogP contribution in [0.25, 0.3) is 0 Å². The van der Waals surface area contributed by atoms with E-state index in [0.717, 1.165) is 10.0 Å². The minimum absolute atomic E-state index is 0.217. The number of benzene rings is 1. The van der Waals surface area contributed by atoms with Gasteiger partial charge in [-0.05, 0) is 38.8 Å². The molecule has 1 aromatic heterocycles. The monoisotopic (exact) mass is 365 g/mol. The number of thiophene rings is 1. The maximum atomic E-state index is 6.11. The Bertz CT molecular complexity index is 533. The first-order valence-corrected chi connectivity index (χ1v) is 7.64. The summed E-state index contributed by atoms with van der Waals surface area (Å²) in [4.78, 5) is 0. The Kier molecular flexibility index (Phi) is 4.92. The lowest BCUT2D eigenvalue weighted by Gasteiger charge is -2.18. The fraction of sp³-hybridized carbons (Fsp3) is 0.167. The van der Waals surface area contributed by atoms with Crippen molar-refractivity contribution in [2.45, 2.75) is 6.10 Å². The van der Waals surface area contributed by atoms with Gasteiger partial charge in [0.1, 0.15) is 11.9 Å². The second kappa shape index (κ2) is 6.26. The van der Waals surface area contributed by atoms with Gasteiger partial charge in [-0.3, -0.25) is 0 Å². The largest absolute Gasteiger partial charge is 0.483 e. The van der Waals surface area contributed by atoms with Crippen LogP contribution < -0.4 is 10.5 Å². The molecule has 1 atom stereocenters. The lowest BCUT2D eigenvalue weighted by Crippen LogP contribution is -2.18. The summed E-state index contributed by atoms with van der Waals surface area (Å²) in [5.41, 5.74) is 6.76. The van der Waals surface area contributed by atoms with Gasteiger partial charge in [0, 0.05) is 22.6 Å². The lowest BCUT2D eigenvalue weighted by molar-refractivity contribution is 0.215. The van der Waals surface area contributed by atoms with Crippen molar-refractivity contribution in [2.24, 2.45) is 5.73 Å². The van der Waals surface area contributed by atoms with E-state index in [4.69, 9.17) is 33.7 Å². The zero-order valence-electron chi connectivity index (χ0n) is 9.20. The van der Waals surface area contributed by atoms with Gasteiger partial charge < -0.3 is 10.5 Å². The molecule has 2 aromatic rings. The highest BCUT2D eigenvalue weighted by atomic mass is 79.9. The van der Waals surface area contributed by atoms with Crippen LogP contribution in [0.3, 0.4) is 0 Å². The van der Waals surface area contributed by atoms with E-state index in [2.05, 4.69) is 15.9 Å². The van der Waals surface area contributed by atoms with Crippen molar-refractivity contribution < 1.29 is 4.74 Å². The smallest absolute Gasteiger partial charge is 0.140 e. The third-order valence-corrected chi connectivity index (χ3v) is 4.57. The lowest BCUT2D eigenvalue weighted by atomic mass is 10.2. The van der Waals surface area contributed by atoms with Crippen LogP contribution in [0.4, 0.5) is 0 Å². The van der Waals surface area contributed by atoms with E-state index in [-0.39, 0.29) is 6.10 Å². The molecule has 6 heteroatoms. The number of nitrogens with two attached hydrogens (primary N) is 1. The Balaban J connectivity index is 2.25. The Morgan fingerprint density at radius 2 is 2.11 bits per heavy atom. The zero-order chi connectivity index (χ0) is 13.1. The number of halogens is 3. The molecule has 1 heterocycles. The molecule has 0 spiro atoms. The summed E-state index contributed by atoms with van der Waals surface area (Å²) >= 11 is 17.0. The third-order valence-electron chi connectivity index (χ3n) is 2.37. The first kappa shape index (κ1) is 14.2. The molecule has 1 unspecified atom stereocenters. The SMILES string of the molecule is NCC(Oc1cc(Cl)c(Br)cc1Cl)c1ccsc1. The van der Waals surface area contributed by atoms with E-state index in [9.17, 15) is 0 Å². The van der Waals surface area contributed by atoms with Crippen molar-refractivity contribution in [1.82, 2.24) is 0 Å². The Labute approximate surface area is 128 Å². The van der Waals surface area contributed by atoms with E-state index in [1.54, 1.807) is 23.5 Å². The van der Waals surface area contributed by atoms with Gasteiger partial charge in [-0.25, -0.2) is 0 Å². The summed E-state index contributed by atoms with van der Waals surface area (Å²) in [6, 6.07) is 5.37. The van der Waals surface area contributed by atoms with Gasteiger partial charge in [-0.15, -0.1) is 0 Å². The number of hydrogen-bond acceptors (Lipinski definition) is 3. The highest BCUT2D eigenvalue weighted by molar-refractivity contribution is 9.10. The molecule has 0 saturated heterocycles. The van der Waals surface area contributed by atoms with E-state index in [0.29, 0.717) is 22.3 Å². The van der Waals surface area contributed by atoms with Gasteiger partial charge in [0.25, 0.3) is 0 Å². The van der Waals surface area contributed by atoms with Gasteiger partial charge in [-0.1, -0.05) is 23.2 Å². The van der Waals surface area contributed by atoms with Crippen molar-refractivity contribution in [2.75, 3.05) is 6.54 Å². The average Bonchev–Trinajstić information content (AvgIpc) is 2.85. The van der Waals surface area contributed by atoms with Gasteiger partial charge in [-0.2, -0.15) is 11.3 Å². The molecule has 0 amide bonds. The summed E-state index contributed by atoms with van der Waals surface area (Å²) in [7, 11) is 0. The van der Waals surface area contributed by atoms with Crippen LogP contribution >= 0.6 is 50.5 Å². The fourth-order valence-electron chi connectivity index (χ4n) is 1.46. The second-order valence-corrected chi connectivity index (χ2v) is 6.04. The van der Waals surface area contributed by atoms with Crippen LogP contribution in [0, 0.1) is 0 Å². The molecule has 0 saturated carbocycles. The van der Waals surface area contributed by atoms with Crippen LogP contribution in [0.1, 0.15) is 11.7 Å². The Hall–Kier alpha value is -0.260. The minimum atomic E-state index is -0.217. The number of ether oxygens (including phenoxy) is 1. The highest BCUT2D eigenvalue weighted by Gasteiger charge is 2.15. The van der Waals surface area contributed by atoms with E-state index >= 15 is 0 Å². The summed E-state index contributed by atoms with van der Waals surface area (Å²) < 4.78 is 6.56. The molecule has 0 radical (unpaired) electrons. The zero-order valence-corrected chi connectivity index (χ0v) is 13.1. The first-order chi connectivity index (χ1) is 8.61. The predicted octanol–water partition coefficient (Wildman–Crippen LogP) is 4.90. The second-order valence-electron chi connectivity index (χ2n) is 3.60. The van der Waals surface area contributed by atoms with Crippen molar-refractivity contribution in [1.29, 1.82) is 0 Å². The maximum Gasteiger partial charge on any atom is 0.140 e. The molecule has 2 N–H and O–H groups in total. The molecular weight excluding hydrogens is 357 g/mol. The summed E-state index contributed by atoms with van der Waals surface area (Å²) in [5.74, 6) is 0.534. The van der Waals surface area contributed by atoms with Gasteiger partial charge in [0.2, 0.25) is 0 Å². The quantitative estimate of drug-likeness (QED) is 0.781. The molecule has 18 heavy (non-hydrogen) atoms. The molecule has 0 aliphatic heterocycles. The Morgan fingerprint density at radius 1 is 1.33 bits per heavy atom. The normalized spacial score (nSPS) is 12.4. The topological polar surface area (TPSA) is 35.2 Å². The molecule has 2 nitrogen and oxygen atoms in total. The summed E-state index contributed by atoms with van der Waals surface area (Å²) in [6.07, 6.45) is -0.217. The molecular formula is C12H10BrCl2NOS. The Morgan fingerprint density at radius 3 is 2.72 bits per heavy atom. The van der Waals surface area contributed by atoms with Crippen molar-refractivity contribution in [3.8, 4) is 5.75 Å². The molecule has 96 valence electrons. The fourth-order valence-corrected chi connectivity index (χ4v) is 3.00. The molecule has 0 aliphatic rings. The number of hydrogen-bond donors (Lipinski definition) is 1. The van der Waals surface area contributed by atoms with Crippen LogP contribution in [0.5, 0.6) is 5.75 Å². The molecule has 0 fully saturated rings. The van der Waals surface area contributed by atoms with Crippen molar-refractivity contribution >= 4 is 50.5 Å². The van der Waals surface area contributed by atoms with Crippen LogP contribution in [0.2, 0.25) is 10.0 Å². The van der Waals surface area contributed by atoms with E-state index in [1.807, 2.05) is 16.8 Å². The van der Waals surface area contributed by atoms with Crippen LogP contribution in [-0.4, -0.2) is 6.54 Å². The molecule has 2 rings (SSSR count). The van der Waals surface area contributed by atoms with E-state index < -0.39 is 0 Å². The van der Waals surface area contributed by atoms with Gasteiger partial charge in [0.05, 0.1) is 10.0 Å². The standard InChI is InChI=1S/C12H10BrCl2NOS/c13-8-3-10(15)11(4-9(8)14)17-12(5-16)7-1-2-18-6-7/h1-4,6,12H,5,16H2. The minimum Gasteiger partial charge on any atom is -0.483 e. The van der Waals surface area contributed by atoms with Crippen LogP contribution in [-0.2, 0) is 0 Å². The van der Waals surface area contributed by atoms with E-state index in [1.165, 1.54) is 0 Å². The molecule has 0 aliphatic carbocycles. The van der Waals surface area contributed by atoms with Gasteiger partial charge in [0.15, 0.2) is 0 Å². The third kappa shape index (κ3) is 3.19. The first-order valence-electron chi connectivity index (χ1n) is 5.15. The number of rotatable bonds is 4. The average molecular weight is 367 g/mol. The summed E-state index contributed by atoms with van der Waals surface area (Å²) in [6.45, 7) is 0.376. The molecule has 1 aromatic carbocycles. The highest BCUT2D eigenvalue weighted by Crippen LogP contribution is 2.36.